The van der Waals surface area contributed by atoms with E-state index in [0.717, 1.165) is 6.07 Å². The molecule has 96 valence electrons. The van der Waals surface area contributed by atoms with Gasteiger partial charge in [0.1, 0.15) is 5.69 Å². The van der Waals surface area contributed by atoms with Gasteiger partial charge in [0.15, 0.2) is 0 Å². The van der Waals surface area contributed by atoms with Gasteiger partial charge < -0.3 is 10.4 Å². The molecule has 1 rings (SSSR count). The molecule has 0 spiro atoms. The molecule has 18 heavy (non-hydrogen) atoms. The Morgan fingerprint density at radius 3 is 2.61 bits per heavy atom. The summed E-state index contributed by atoms with van der Waals surface area (Å²) in [5, 5.41) is 21.9. The first-order chi connectivity index (χ1) is 8.45. The molecule has 7 heteroatoms. The number of rotatable bonds is 5. The maximum atomic E-state index is 11.4. The largest absolute Gasteiger partial charge is 0.478 e. The molecule has 0 aliphatic heterocycles. The van der Waals surface area contributed by atoms with E-state index in [9.17, 15) is 19.7 Å². The molecule has 0 aliphatic carbocycles. The van der Waals surface area contributed by atoms with E-state index >= 15 is 0 Å². The first-order valence-electron chi connectivity index (χ1n) is 5.27. The number of aromatic carboxylic acids is 1. The minimum atomic E-state index is -1.26. The van der Waals surface area contributed by atoms with Gasteiger partial charge in [-0.05, 0) is 18.6 Å². The van der Waals surface area contributed by atoms with E-state index in [1.807, 2.05) is 6.92 Å². The van der Waals surface area contributed by atoms with Gasteiger partial charge in [-0.2, -0.15) is 0 Å². The highest BCUT2D eigenvalue weighted by Gasteiger charge is 2.18. The number of anilines is 1. The van der Waals surface area contributed by atoms with E-state index in [2.05, 4.69) is 5.32 Å². The zero-order chi connectivity index (χ0) is 13.7. The van der Waals surface area contributed by atoms with Gasteiger partial charge in [0, 0.05) is 12.5 Å². The molecule has 1 aromatic carbocycles. The number of nitrogens with one attached hydrogen (secondary N) is 1. The van der Waals surface area contributed by atoms with Crippen LogP contribution in [0.1, 0.15) is 30.1 Å². The summed E-state index contributed by atoms with van der Waals surface area (Å²) < 4.78 is 0. The summed E-state index contributed by atoms with van der Waals surface area (Å²) in [6, 6.07) is 3.34. The van der Waals surface area contributed by atoms with Crippen molar-refractivity contribution in [2.45, 2.75) is 19.8 Å². The van der Waals surface area contributed by atoms with Crippen LogP contribution in [0.3, 0.4) is 0 Å². The van der Waals surface area contributed by atoms with Gasteiger partial charge >= 0.3 is 5.97 Å². The summed E-state index contributed by atoms with van der Waals surface area (Å²) in [5.74, 6) is -1.60. The lowest BCUT2D eigenvalue weighted by molar-refractivity contribution is -0.384. The van der Waals surface area contributed by atoms with Crippen LogP contribution in [0.4, 0.5) is 11.4 Å². The Morgan fingerprint density at radius 2 is 2.11 bits per heavy atom. The first kappa shape index (κ1) is 13.6. The summed E-state index contributed by atoms with van der Waals surface area (Å²) in [7, 11) is 0. The molecule has 0 aliphatic rings. The minimum Gasteiger partial charge on any atom is -0.478 e. The van der Waals surface area contributed by atoms with Crippen LogP contribution in [0.5, 0.6) is 0 Å². The van der Waals surface area contributed by atoms with Gasteiger partial charge in [-0.3, -0.25) is 14.9 Å². The fraction of sp³-hybridized carbons (Fsp3) is 0.273. The van der Waals surface area contributed by atoms with Crippen molar-refractivity contribution in [1.29, 1.82) is 0 Å². The van der Waals surface area contributed by atoms with E-state index < -0.39 is 16.6 Å². The Bertz CT molecular complexity index is 498. The van der Waals surface area contributed by atoms with E-state index in [-0.39, 0.29) is 23.6 Å². The van der Waals surface area contributed by atoms with E-state index in [4.69, 9.17) is 5.11 Å². The van der Waals surface area contributed by atoms with Crippen molar-refractivity contribution in [3.05, 3.63) is 33.9 Å². The fourth-order valence-electron chi connectivity index (χ4n) is 1.36. The number of hydrogen-bond donors (Lipinski definition) is 2. The SMILES string of the molecule is CCCC(=O)Nc1ccc(C(=O)O)cc1[N+](=O)[O-]. The van der Waals surface area contributed by atoms with Crippen LogP contribution in [0.2, 0.25) is 0 Å². The molecule has 0 atom stereocenters. The lowest BCUT2D eigenvalue weighted by Gasteiger charge is -2.05. The van der Waals surface area contributed by atoms with Crippen LogP contribution in [0.25, 0.3) is 0 Å². The van der Waals surface area contributed by atoms with Gasteiger partial charge in [-0.15, -0.1) is 0 Å². The average molecular weight is 252 g/mol. The molecule has 7 nitrogen and oxygen atoms in total. The molecule has 1 amide bonds. The smallest absolute Gasteiger partial charge is 0.335 e. The molecule has 0 saturated heterocycles. The predicted molar refractivity (Wildman–Crippen MR) is 63.6 cm³/mol. The Labute approximate surface area is 103 Å². The highest BCUT2D eigenvalue weighted by Crippen LogP contribution is 2.25. The lowest BCUT2D eigenvalue weighted by Crippen LogP contribution is -2.12. The van der Waals surface area contributed by atoms with Crippen molar-refractivity contribution in [2.75, 3.05) is 5.32 Å². The molecular weight excluding hydrogens is 240 g/mol. The number of benzene rings is 1. The molecular formula is C11H12N2O5. The van der Waals surface area contributed by atoms with Crippen LogP contribution >= 0.6 is 0 Å². The molecule has 0 heterocycles. The summed E-state index contributed by atoms with van der Waals surface area (Å²) in [4.78, 5) is 32.1. The van der Waals surface area contributed by atoms with Crippen LogP contribution in [-0.4, -0.2) is 21.9 Å². The Morgan fingerprint density at radius 1 is 1.44 bits per heavy atom. The zero-order valence-corrected chi connectivity index (χ0v) is 9.67. The van der Waals surface area contributed by atoms with Gasteiger partial charge in [-0.1, -0.05) is 6.92 Å². The molecule has 0 saturated carbocycles. The first-order valence-corrected chi connectivity index (χ1v) is 5.27. The minimum absolute atomic E-state index is 0.00319. The van der Waals surface area contributed by atoms with E-state index in [0.29, 0.717) is 6.42 Å². The van der Waals surface area contributed by atoms with Crippen molar-refractivity contribution in [2.24, 2.45) is 0 Å². The van der Waals surface area contributed by atoms with Gasteiger partial charge in [-0.25, -0.2) is 4.79 Å². The summed E-state index contributed by atoms with van der Waals surface area (Å²) >= 11 is 0. The summed E-state index contributed by atoms with van der Waals surface area (Å²) in [6.07, 6.45) is 0.866. The van der Waals surface area contributed by atoms with Gasteiger partial charge in [0.2, 0.25) is 5.91 Å². The van der Waals surface area contributed by atoms with Crippen LogP contribution in [0, 0.1) is 10.1 Å². The fourth-order valence-corrected chi connectivity index (χ4v) is 1.36. The summed E-state index contributed by atoms with van der Waals surface area (Å²) in [5.41, 5.74) is -0.627. The van der Waals surface area contributed by atoms with Crippen LogP contribution < -0.4 is 5.32 Å². The van der Waals surface area contributed by atoms with E-state index in [1.54, 1.807) is 0 Å². The number of nitro benzene ring substituents is 1. The Hall–Kier alpha value is -2.44. The topological polar surface area (TPSA) is 110 Å². The van der Waals surface area contributed by atoms with Crippen molar-refractivity contribution in [1.82, 2.24) is 0 Å². The molecule has 0 aromatic heterocycles. The van der Waals surface area contributed by atoms with Crippen molar-refractivity contribution < 1.29 is 19.6 Å². The quantitative estimate of drug-likeness (QED) is 0.615. The maximum Gasteiger partial charge on any atom is 0.335 e. The van der Waals surface area contributed by atoms with Crippen LogP contribution in [0.15, 0.2) is 18.2 Å². The molecule has 0 fully saturated rings. The molecule has 0 bridgehead atoms. The van der Waals surface area contributed by atoms with Crippen molar-refractivity contribution in [3.8, 4) is 0 Å². The number of nitrogens with zero attached hydrogens (tertiary/aromatic N) is 1. The highest BCUT2D eigenvalue weighted by atomic mass is 16.6. The molecule has 0 radical (unpaired) electrons. The Balaban J connectivity index is 3.08. The summed E-state index contributed by atoms with van der Waals surface area (Å²) in [6.45, 7) is 1.81. The lowest BCUT2D eigenvalue weighted by atomic mass is 10.1. The van der Waals surface area contributed by atoms with Gasteiger partial charge in [0.05, 0.1) is 10.5 Å². The second-order valence-electron chi connectivity index (χ2n) is 3.59. The third-order valence-corrected chi connectivity index (χ3v) is 2.19. The van der Waals surface area contributed by atoms with Crippen molar-refractivity contribution in [3.63, 3.8) is 0 Å². The number of carboxylic acids is 1. The second-order valence-corrected chi connectivity index (χ2v) is 3.59. The van der Waals surface area contributed by atoms with Crippen LogP contribution in [-0.2, 0) is 4.79 Å². The standard InChI is InChI=1S/C11H12N2O5/c1-2-3-10(14)12-8-5-4-7(11(15)16)6-9(8)13(17)18/h4-6H,2-3H2,1H3,(H,12,14)(H,15,16). The van der Waals surface area contributed by atoms with Crippen molar-refractivity contribution >= 4 is 23.3 Å². The molecule has 1 aromatic rings. The second kappa shape index (κ2) is 5.76. The average Bonchev–Trinajstić information content (AvgIpc) is 2.29. The predicted octanol–water partition coefficient (Wildman–Crippen LogP) is 2.03. The number of hydrogen-bond acceptors (Lipinski definition) is 4. The number of nitro groups is 1. The highest BCUT2D eigenvalue weighted by molar-refractivity contribution is 5.95. The normalized spacial score (nSPS) is 9.83. The third kappa shape index (κ3) is 3.27. The number of carboxylic acid groups (broad SMARTS) is 1. The third-order valence-electron chi connectivity index (χ3n) is 2.19. The number of amides is 1. The zero-order valence-electron chi connectivity index (χ0n) is 9.67. The number of carbonyl (C=O) groups is 2. The van der Waals surface area contributed by atoms with E-state index in [1.165, 1.54) is 12.1 Å². The monoisotopic (exact) mass is 252 g/mol. The van der Waals surface area contributed by atoms with Gasteiger partial charge in [0.25, 0.3) is 5.69 Å². The number of carbonyl (C=O) groups excluding carboxylic acids is 1. The molecule has 0 unspecified atom stereocenters. The maximum absolute atomic E-state index is 11.4. The Kier molecular flexibility index (Phi) is 4.36. The molecule has 2 N–H and O–H groups in total.